The number of hydrogen-bond donors (Lipinski definition) is 0. The zero-order valence-electron chi connectivity index (χ0n) is 12.7. The second kappa shape index (κ2) is 6.73. The Morgan fingerprint density at radius 3 is 2.82 bits per heavy atom. The Labute approximate surface area is 135 Å². The molecule has 0 unspecified atom stereocenters. The van der Waals surface area contributed by atoms with Crippen molar-refractivity contribution < 1.29 is 14.3 Å². The lowest BCUT2D eigenvalue weighted by Gasteiger charge is -2.36. The molecule has 2 saturated heterocycles. The van der Waals surface area contributed by atoms with E-state index in [2.05, 4.69) is 12.1 Å². The molecule has 4 nitrogen and oxygen atoms in total. The van der Waals surface area contributed by atoms with Crippen molar-refractivity contribution in [3.63, 3.8) is 0 Å². The van der Waals surface area contributed by atoms with Crippen LogP contribution in [0.25, 0.3) is 0 Å². The summed E-state index contributed by atoms with van der Waals surface area (Å²) in [6.07, 6.45) is 2.62. The third-order valence-corrected chi connectivity index (χ3v) is 5.70. The summed E-state index contributed by atoms with van der Waals surface area (Å²) in [5.41, 5.74) is 1.18. The molecule has 0 aliphatic carbocycles. The van der Waals surface area contributed by atoms with Crippen molar-refractivity contribution in [1.82, 2.24) is 4.90 Å². The minimum Gasteiger partial charge on any atom is -0.464 e. The smallest absolute Gasteiger partial charge is 0.329 e. The highest BCUT2D eigenvalue weighted by atomic mass is 32.2. The van der Waals surface area contributed by atoms with Gasteiger partial charge in [-0.3, -0.25) is 4.79 Å². The number of carbonyl (C=O) groups is 2. The van der Waals surface area contributed by atoms with Gasteiger partial charge in [0.25, 0.3) is 0 Å². The zero-order chi connectivity index (χ0) is 15.5. The third-order valence-electron chi connectivity index (χ3n) is 4.34. The highest BCUT2D eigenvalue weighted by molar-refractivity contribution is 8.00. The molecule has 1 amide bonds. The number of esters is 1. The van der Waals surface area contributed by atoms with Gasteiger partial charge in [0.15, 0.2) is 0 Å². The van der Waals surface area contributed by atoms with Gasteiger partial charge >= 0.3 is 5.97 Å². The molecule has 3 atom stereocenters. The monoisotopic (exact) mass is 319 g/mol. The second-order valence-electron chi connectivity index (χ2n) is 5.77. The molecule has 0 saturated carbocycles. The van der Waals surface area contributed by atoms with Crippen molar-refractivity contribution in [3.05, 3.63) is 35.9 Å². The third kappa shape index (κ3) is 3.00. The molecule has 0 spiro atoms. The molecule has 2 heterocycles. The van der Waals surface area contributed by atoms with Crippen LogP contribution in [0.1, 0.15) is 25.3 Å². The van der Waals surface area contributed by atoms with Crippen LogP contribution in [-0.2, 0) is 20.7 Å². The van der Waals surface area contributed by atoms with Crippen LogP contribution in [0, 0.1) is 5.92 Å². The molecule has 0 bridgehead atoms. The molecule has 1 aromatic carbocycles. The van der Waals surface area contributed by atoms with Crippen LogP contribution < -0.4 is 0 Å². The first-order valence-corrected chi connectivity index (χ1v) is 8.90. The second-order valence-corrected chi connectivity index (χ2v) is 6.98. The van der Waals surface area contributed by atoms with Crippen LogP contribution in [0.15, 0.2) is 30.3 Å². The number of nitrogens with zero attached hydrogens (tertiary/aromatic N) is 1. The lowest BCUT2D eigenvalue weighted by molar-refractivity contribution is -0.156. The number of carbonyl (C=O) groups excluding carboxylic acids is 2. The van der Waals surface area contributed by atoms with Crippen molar-refractivity contribution in [2.75, 3.05) is 12.4 Å². The van der Waals surface area contributed by atoms with E-state index in [0.717, 1.165) is 19.3 Å². The molecule has 0 radical (unpaired) electrons. The van der Waals surface area contributed by atoms with Gasteiger partial charge in [0, 0.05) is 11.7 Å². The molecule has 0 N–H and O–H groups in total. The minimum absolute atomic E-state index is 0.0192. The number of thioether (sulfide) groups is 1. The molecular weight excluding hydrogens is 298 g/mol. The van der Waals surface area contributed by atoms with E-state index in [9.17, 15) is 9.59 Å². The molecule has 0 aromatic heterocycles. The summed E-state index contributed by atoms with van der Waals surface area (Å²) >= 11 is 1.70. The molecule has 5 heteroatoms. The summed E-state index contributed by atoms with van der Waals surface area (Å²) in [6.45, 7) is 2.16. The topological polar surface area (TPSA) is 46.6 Å². The van der Waals surface area contributed by atoms with Crippen LogP contribution in [0.2, 0.25) is 0 Å². The average Bonchev–Trinajstić information content (AvgIpc) is 2.96. The van der Waals surface area contributed by atoms with Gasteiger partial charge in [-0.2, -0.15) is 0 Å². The van der Waals surface area contributed by atoms with Crippen molar-refractivity contribution >= 4 is 23.6 Å². The first-order valence-electron chi connectivity index (χ1n) is 7.85. The van der Waals surface area contributed by atoms with E-state index in [0.29, 0.717) is 12.4 Å². The fourth-order valence-electron chi connectivity index (χ4n) is 3.27. The summed E-state index contributed by atoms with van der Waals surface area (Å²) in [5, 5.41) is 0.147. The van der Waals surface area contributed by atoms with Crippen LogP contribution in [0.3, 0.4) is 0 Å². The number of fused-ring (bicyclic) bond motifs is 1. The molecular formula is C17H21NO3S. The molecule has 2 aliphatic rings. The Balaban J connectivity index is 1.72. The van der Waals surface area contributed by atoms with Crippen LogP contribution in [0.5, 0.6) is 0 Å². The Bertz CT molecular complexity index is 548. The normalized spacial score (nSPS) is 27.6. The zero-order valence-corrected chi connectivity index (χ0v) is 13.6. The van der Waals surface area contributed by atoms with Crippen LogP contribution in [-0.4, -0.2) is 40.6 Å². The van der Waals surface area contributed by atoms with Gasteiger partial charge in [-0.1, -0.05) is 30.3 Å². The predicted octanol–water partition coefficient (Wildman–Crippen LogP) is 2.47. The fraction of sp³-hybridized carbons (Fsp3) is 0.529. The van der Waals surface area contributed by atoms with Crippen LogP contribution in [0.4, 0.5) is 0 Å². The Morgan fingerprint density at radius 1 is 1.32 bits per heavy atom. The number of hydrogen-bond acceptors (Lipinski definition) is 4. The number of amides is 1. The van der Waals surface area contributed by atoms with Gasteiger partial charge in [-0.05, 0) is 31.7 Å². The molecule has 2 fully saturated rings. The van der Waals surface area contributed by atoms with E-state index in [-0.39, 0.29) is 23.2 Å². The molecule has 22 heavy (non-hydrogen) atoms. The highest BCUT2D eigenvalue weighted by Gasteiger charge is 2.46. The fourth-order valence-corrected chi connectivity index (χ4v) is 4.68. The maximum atomic E-state index is 12.8. The lowest BCUT2D eigenvalue weighted by atomic mass is 9.89. The Morgan fingerprint density at radius 2 is 2.09 bits per heavy atom. The van der Waals surface area contributed by atoms with E-state index in [4.69, 9.17) is 4.74 Å². The molecule has 2 aliphatic heterocycles. The van der Waals surface area contributed by atoms with Crippen molar-refractivity contribution in [1.29, 1.82) is 0 Å². The van der Waals surface area contributed by atoms with Gasteiger partial charge in [0.05, 0.1) is 12.0 Å². The van der Waals surface area contributed by atoms with Gasteiger partial charge in [0.1, 0.15) is 6.04 Å². The van der Waals surface area contributed by atoms with Gasteiger partial charge in [0.2, 0.25) is 5.91 Å². The SMILES string of the molecule is CCOC(=O)[C@@H]1CS[C@H]2CC[C@@H](Cc3ccccc3)C(=O)N21. The number of rotatable bonds is 4. The first kappa shape index (κ1) is 15.4. The summed E-state index contributed by atoms with van der Waals surface area (Å²) in [7, 11) is 0. The van der Waals surface area contributed by atoms with Gasteiger partial charge < -0.3 is 9.64 Å². The molecule has 1 aromatic rings. The maximum Gasteiger partial charge on any atom is 0.329 e. The number of benzene rings is 1. The molecule has 118 valence electrons. The summed E-state index contributed by atoms with van der Waals surface area (Å²) in [4.78, 5) is 26.7. The number of ether oxygens (including phenoxy) is 1. The van der Waals surface area contributed by atoms with Crippen LogP contribution >= 0.6 is 11.8 Å². The summed E-state index contributed by atoms with van der Waals surface area (Å²) in [6, 6.07) is 9.69. The molecule has 3 rings (SSSR count). The maximum absolute atomic E-state index is 12.8. The first-order chi connectivity index (χ1) is 10.7. The van der Waals surface area contributed by atoms with E-state index >= 15 is 0 Å². The van der Waals surface area contributed by atoms with E-state index < -0.39 is 6.04 Å². The minimum atomic E-state index is -0.402. The van der Waals surface area contributed by atoms with E-state index in [1.165, 1.54) is 5.56 Å². The average molecular weight is 319 g/mol. The van der Waals surface area contributed by atoms with E-state index in [1.807, 2.05) is 18.2 Å². The quantitative estimate of drug-likeness (QED) is 0.800. The van der Waals surface area contributed by atoms with Crippen molar-refractivity contribution in [2.24, 2.45) is 5.92 Å². The van der Waals surface area contributed by atoms with E-state index in [1.54, 1.807) is 23.6 Å². The predicted molar refractivity (Wildman–Crippen MR) is 86.4 cm³/mol. The largest absolute Gasteiger partial charge is 0.464 e. The van der Waals surface area contributed by atoms with Crippen molar-refractivity contribution in [2.45, 2.75) is 37.6 Å². The lowest BCUT2D eigenvalue weighted by Crippen LogP contribution is -2.51. The summed E-state index contributed by atoms with van der Waals surface area (Å²) < 4.78 is 5.13. The highest BCUT2D eigenvalue weighted by Crippen LogP contribution is 2.39. The van der Waals surface area contributed by atoms with Gasteiger partial charge in [-0.25, -0.2) is 4.79 Å². The standard InChI is InChI=1S/C17H21NO3S/c1-2-21-17(20)14-11-22-15-9-8-13(16(19)18(14)15)10-12-6-4-3-5-7-12/h3-7,13-15H,2,8-11H2,1H3/t13-,14-,15-/m0/s1. The Hall–Kier alpha value is -1.49. The van der Waals surface area contributed by atoms with Gasteiger partial charge in [-0.15, -0.1) is 11.8 Å². The Kier molecular flexibility index (Phi) is 4.71. The number of piperidine rings is 1. The van der Waals surface area contributed by atoms with Crippen molar-refractivity contribution in [3.8, 4) is 0 Å². The summed E-state index contributed by atoms with van der Waals surface area (Å²) in [5.74, 6) is 0.497.